The molecule has 0 aliphatic carbocycles. The smallest absolute Gasteiger partial charge is 0.342 e. The average Bonchev–Trinajstić information content (AvgIpc) is 3.05. The number of primary amides is 1. The lowest BCUT2D eigenvalue weighted by Gasteiger charge is -2.07. The number of ether oxygens (including phenoxy) is 1. The summed E-state index contributed by atoms with van der Waals surface area (Å²) in [5.74, 6) is -1.34. The van der Waals surface area contributed by atoms with Crippen LogP contribution in [-0.4, -0.2) is 28.3 Å². The van der Waals surface area contributed by atoms with Crippen LogP contribution in [0.3, 0.4) is 0 Å². The highest BCUT2D eigenvalue weighted by molar-refractivity contribution is 5.97. The fourth-order valence-electron chi connectivity index (χ4n) is 2.73. The van der Waals surface area contributed by atoms with Gasteiger partial charge in [0.1, 0.15) is 11.3 Å². The minimum Gasteiger partial charge on any atom is -0.452 e. The summed E-state index contributed by atoms with van der Waals surface area (Å²) in [7, 11) is 0. The molecule has 1 amide bonds. The van der Waals surface area contributed by atoms with E-state index >= 15 is 0 Å². The van der Waals surface area contributed by atoms with Gasteiger partial charge in [-0.1, -0.05) is 42.0 Å². The van der Waals surface area contributed by atoms with Gasteiger partial charge in [-0.15, -0.1) is 0 Å². The van der Waals surface area contributed by atoms with Gasteiger partial charge in [0.15, 0.2) is 6.61 Å². The number of carbonyl (C=O) groups is 2. The van der Waals surface area contributed by atoms with Crippen LogP contribution in [0.15, 0.2) is 54.7 Å². The molecule has 0 fully saturated rings. The second-order valence-electron chi connectivity index (χ2n) is 6.03. The predicted octanol–water partition coefficient (Wildman–Crippen LogP) is 2.80. The lowest BCUT2D eigenvalue weighted by atomic mass is 10.0. The van der Waals surface area contributed by atoms with Crippen LogP contribution in [0.4, 0.5) is 0 Å². The van der Waals surface area contributed by atoms with E-state index in [9.17, 15) is 9.59 Å². The number of aromatic nitrogens is 2. The topological polar surface area (TPSA) is 87.2 Å². The van der Waals surface area contributed by atoms with Crippen LogP contribution >= 0.6 is 0 Å². The van der Waals surface area contributed by atoms with Crippen molar-refractivity contribution in [2.75, 3.05) is 6.61 Å². The van der Waals surface area contributed by atoms with Crippen LogP contribution in [0, 0.1) is 13.8 Å². The van der Waals surface area contributed by atoms with Crippen molar-refractivity contribution in [3.05, 3.63) is 71.4 Å². The molecule has 26 heavy (non-hydrogen) atoms. The minimum absolute atomic E-state index is 0.280. The third-order valence-corrected chi connectivity index (χ3v) is 3.94. The summed E-state index contributed by atoms with van der Waals surface area (Å²) in [6.45, 7) is 3.49. The first kappa shape index (κ1) is 17.4. The number of nitrogens with two attached hydrogens (primary N) is 1. The molecule has 1 aromatic heterocycles. The van der Waals surface area contributed by atoms with Crippen molar-refractivity contribution in [2.24, 2.45) is 5.73 Å². The molecule has 6 heteroatoms. The highest BCUT2D eigenvalue weighted by Gasteiger charge is 2.21. The van der Waals surface area contributed by atoms with Gasteiger partial charge in [-0.2, -0.15) is 5.10 Å². The maximum Gasteiger partial charge on any atom is 0.342 e. The molecule has 0 aliphatic rings. The number of hydrogen-bond donors (Lipinski definition) is 1. The molecule has 3 aromatic rings. The Morgan fingerprint density at radius 1 is 1.12 bits per heavy atom. The Balaban J connectivity index is 2.10. The molecule has 2 aromatic carbocycles. The quantitative estimate of drug-likeness (QED) is 0.718. The Kier molecular flexibility index (Phi) is 4.84. The third kappa shape index (κ3) is 3.64. The van der Waals surface area contributed by atoms with Gasteiger partial charge in [0.2, 0.25) is 0 Å². The predicted molar refractivity (Wildman–Crippen MR) is 98.0 cm³/mol. The lowest BCUT2D eigenvalue weighted by molar-refractivity contribution is -0.121. The summed E-state index contributed by atoms with van der Waals surface area (Å²) in [5, 5.41) is 4.59. The fraction of sp³-hybridized carbons (Fsp3) is 0.150. The lowest BCUT2D eigenvalue weighted by Crippen LogP contribution is -2.21. The molecule has 2 N–H and O–H groups in total. The van der Waals surface area contributed by atoms with Crippen molar-refractivity contribution in [2.45, 2.75) is 13.8 Å². The summed E-state index contributed by atoms with van der Waals surface area (Å²) in [6, 6.07) is 15.4. The van der Waals surface area contributed by atoms with Crippen molar-refractivity contribution in [3.63, 3.8) is 0 Å². The largest absolute Gasteiger partial charge is 0.452 e. The molecule has 0 unspecified atom stereocenters. The summed E-state index contributed by atoms with van der Waals surface area (Å²) in [5.41, 5.74) is 9.60. The van der Waals surface area contributed by atoms with E-state index in [0.717, 1.165) is 22.4 Å². The average molecular weight is 349 g/mol. The Bertz CT molecular complexity index is 962. The normalized spacial score (nSPS) is 10.5. The number of aryl methyl sites for hydroxylation is 2. The zero-order valence-electron chi connectivity index (χ0n) is 14.6. The van der Waals surface area contributed by atoms with E-state index in [1.54, 1.807) is 10.9 Å². The van der Waals surface area contributed by atoms with Crippen molar-refractivity contribution in [3.8, 4) is 16.9 Å². The van der Waals surface area contributed by atoms with E-state index in [4.69, 9.17) is 10.5 Å². The highest BCUT2D eigenvalue weighted by Crippen LogP contribution is 2.28. The van der Waals surface area contributed by atoms with Gasteiger partial charge in [-0.05, 0) is 31.5 Å². The van der Waals surface area contributed by atoms with E-state index in [-0.39, 0.29) is 5.56 Å². The number of rotatable bonds is 5. The maximum atomic E-state index is 12.5. The molecule has 132 valence electrons. The number of benzene rings is 2. The highest BCUT2D eigenvalue weighted by atomic mass is 16.5. The molecule has 0 aliphatic heterocycles. The molecule has 0 bridgehead atoms. The molecule has 3 rings (SSSR count). The first-order valence-corrected chi connectivity index (χ1v) is 8.14. The molecule has 6 nitrogen and oxygen atoms in total. The first-order valence-electron chi connectivity index (χ1n) is 8.14. The molecule has 0 spiro atoms. The van der Waals surface area contributed by atoms with Crippen molar-refractivity contribution < 1.29 is 14.3 Å². The van der Waals surface area contributed by atoms with Crippen LogP contribution in [0.1, 0.15) is 21.5 Å². The first-order chi connectivity index (χ1) is 12.5. The van der Waals surface area contributed by atoms with Gasteiger partial charge < -0.3 is 10.5 Å². The molecule has 0 atom stereocenters. The van der Waals surface area contributed by atoms with E-state index in [1.165, 1.54) is 0 Å². The van der Waals surface area contributed by atoms with Crippen molar-refractivity contribution in [1.29, 1.82) is 0 Å². The van der Waals surface area contributed by atoms with Gasteiger partial charge in [-0.3, -0.25) is 4.79 Å². The number of amides is 1. The van der Waals surface area contributed by atoms with E-state index < -0.39 is 18.5 Å². The Morgan fingerprint density at radius 2 is 1.85 bits per heavy atom. The van der Waals surface area contributed by atoms with Crippen molar-refractivity contribution >= 4 is 11.9 Å². The molecule has 0 saturated heterocycles. The third-order valence-electron chi connectivity index (χ3n) is 3.94. The van der Waals surface area contributed by atoms with Crippen LogP contribution in [-0.2, 0) is 9.53 Å². The Morgan fingerprint density at radius 3 is 2.50 bits per heavy atom. The molecular weight excluding hydrogens is 330 g/mol. The summed E-state index contributed by atoms with van der Waals surface area (Å²) in [6.07, 6.45) is 1.60. The Labute approximate surface area is 151 Å². The zero-order chi connectivity index (χ0) is 18.7. The number of para-hydroxylation sites is 1. The van der Waals surface area contributed by atoms with Gasteiger partial charge in [-0.25, -0.2) is 9.48 Å². The number of nitrogens with zero attached hydrogens (tertiary/aromatic N) is 2. The maximum absolute atomic E-state index is 12.5. The standard InChI is InChI=1S/C20H19N3O3/c1-13-8-9-16(14(2)10-13)19-17(20(25)26-12-18(21)24)11-23(22-19)15-6-4-3-5-7-15/h3-11H,12H2,1-2H3,(H2,21,24). The molecular formula is C20H19N3O3. The van der Waals surface area contributed by atoms with E-state index in [0.29, 0.717) is 5.69 Å². The molecule has 0 radical (unpaired) electrons. The summed E-state index contributed by atoms with van der Waals surface area (Å²) >= 11 is 0. The summed E-state index contributed by atoms with van der Waals surface area (Å²) < 4.78 is 6.62. The number of carbonyl (C=O) groups excluding carboxylic acids is 2. The van der Waals surface area contributed by atoms with Crippen LogP contribution in [0.5, 0.6) is 0 Å². The second-order valence-corrected chi connectivity index (χ2v) is 6.03. The number of hydrogen-bond acceptors (Lipinski definition) is 4. The monoisotopic (exact) mass is 349 g/mol. The van der Waals surface area contributed by atoms with Crippen molar-refractivity contribution in [1.82, 2.24) is 9.78 Å². The fourth-order valence-corrected chi connectivity index (χ4v) is 2.73. The van der Waals surface area contributed by atoms with Gasteiger partial charge in [0.05, 0.1) is 5.69 Å². The molecule has 1 heterocycles. The Hall–Kier alpha value is -3.41. The van der Waals surface area contributed by atoms with Crippen LogP contribution in [0.25, 0.3) is 16.9 Å². The van der Waals surface area contributed by atoms with Crippen LogP contribution < -0.4 is 5.73 Å². The zero-order valence-corrected chi connectivity index (χ0v) is 14.6. The minimum atomic E-state index is -0.707. The van der Waals surface area contributed by atoms with Crippen LogP contribution in [0.2, 0.25) is 0 Å². The SMILES string of the molecule is Cc1ccc(-c2nn(-c3ccccc3)cc2C(=O)OCC(N)=O)c(C)c1. The van der Waals surface area contributed by atoms with E-state index in [2.05, 4.69) is 5.10 Å². The van der Waals surface area contributed by atoms with Gasteiger partial charge >= 0.3 is 5.97 Å². The van der Waals surface area contributed by atoms with E-state index in [1.807, 2.05) is 62.4 Å². The van der Waals surface area contributed by atoms with Gasteiger partial charge in [0.25, 0.3) is 5.91 Å². The van der Waals surface area contributed by atoms with Gasteiger partial charge in [0, 0.05) is 11.8 Å². The second kappa shape index (κ2) is 7.23. The summed E-state index contributed by atoms with van der Waals surface area (Å²) in [4.78, 5) is 23.4. The number of esters is 1. The molecule has 0 saturated carbocycles.